The normalized spacial score (nSPS) is 22.1. The molecule has 2 rings (SSSR count). The lowest BCUT2D eigenvalue weighted by Crippen LogP contribution is -2.22. The summed E-state index contributed by atoms with van der Waals surface area (Å²) in [7, 11) is 0. The Hall–Kier alpha value is -0.390. The summed E-state index contributed by atoms with van der Waals surface area (Å²) in [6.07, 6.45) is 0.776. The van der Waals surface area contributed by atoms with Gasteiger partial charge >= 0.3 is 5.97 Å². The molecule has 0 amide bonds. The number of rotatable bonds is 3. The van der Waals surface area contributed by atoms with E-state index in [0.717, 1.165) is 24.0 Å². The molecule has 1 fully saturated rings. The van der Waals surface area contributed by atoms with Gasteiger partial charge < -0.3 is 5.11 Å². The average Bonchev–Trinajstić information content (AvgIpc) is 2.77. The molecule has 3 nitrogen and oxygen atoms in total. The van der Waals surface area contributed by atoms with Crippen molar-refractivity contribution in [1.29, 1.82) is 0 Å². The summed E-state index contributed by atoms with van der Waals surface area (Å²) < 4.78 is 1.13. The fraction of sp³-hybridized carbons (Fsp3) is 0.500. The molecule has 1 atom stereocenters. The number of hydrogen-bond donors (Lipinski definition) is 1. The number of halogens is 1. The predicted octanol–water partition coefficient (Wildman–Crippen LogP) is 2.42. The van der Waals surface area contributed by atoms with Crippen molar-refractivity contribution in [3.05, 3.63) is 20.8 Å². The molecule has 15 heavy (non-hydrogen) atoms. The molecule has 82 valence electrons. The van der Waals surface area contributed by atoms with Crippen LogP contribution in [-0.4, -0.2) is 29.1 Å². The van der Waals surface area contributed by atoms with E-state index in [2.05, 4.69) is 20.8 Å². The number of aliphatic carboxylic acids is 1. The Balaban J connectivity index is 1.93. The predicted molar refractivity (Wildman–Crippen MR) is 63.0 cm³/mol. The van der Waals surface area contributed by atoms with Gasteiger partial charge in [0.15, 0.2) is 0 Å². The molecule has 0 spiro atoms. The van der Waals surface area contributed by atoms with Crippen LogP contribution >= 0.6 is 27.3 Å². The molecule has 1 aromatic heterocycles. The van der Waals surface area contributed by atoms with Gasteiger partial charge in [-0.1, -0.05) is 0 Å². The summed E-state index contributed by atoms with van der Waals surface area (Å²) in [6.45, 7) is 2.43. The molecule has 5 heteroatoms. The third-order valence-corrected chi connectivity index (χ3v) is 4.59. The van der Waals surface area contributed by atoms with Crippen LogP contribution in [0.5, 0.6) is 0 Å². The van der Waals surface area contributed by atoms with Crippen molar-refractivity contribution in [3.8, 4) is 0 Å². The van der Waals surface area contributed by atoms with Gasteiger partial charge in [-0.2, -0.15) is 0 Å². The van der Waals surface area contributed by atoms with Crippen LogP contribution in [0.2, 0.25) is 0 Å². The fourth-order valence-electron chi connectivity index (χ4n) is 1.82. The first-order valence-electron chi connectivity index (χ1n) is 4.84. The lowest BCUT2D eigenvalue weighted by Gasteiger charge is -2.13. The zero-order chi connectivity index (χ0) is 10.8. The van der Waals surface area contributed by atoms with Crippen molar-refractivity contribution in [2.45, 2.75) is 13.0 Å². The molecule has 1 unspecified atom stereocenters. The molecule has 1 N–H and O–H groups in total. The molecule has 1 aromatic rings. The molecule has 1 aliphatic heterocycles. The highest BCUT2D eigenvalue weighted by Gasteiger charge is 2.28. The third-order valence-electron chi connectivity index (χ3n) is 2.68. The van der Waals surface area contributed by atoms with E-state index in [9.17, 15) is 4.79 Å². The molecule has 0 radical (unpaired) electrons. The molecule has 0 bridgehead atoms. The number of carboxylic acid groups (broad SMARTS) is 1. The maximum atomic E-state index is 10.8. The molecular weight excluding hydrogens is 278 g/mol. The monoisotopic (exact) mass is 289 g/mol. The fourth-order valence-corrected chi connectivity index (χ4v) is 3.34. The molecule has 1 saturated heterocycles. The lowest BCUT2D eigenvalue weighted by atomic mass is 10.1. The second kappa shape index (κ2) is 4.63. The summed E-state index contributed by atoms with van der Waals surface area (Å²) in [5.74, 6) is -0.841. The van der Waals surface area contributed by atoms with Crippen LogP contribution in [0.25, 0.3) is 0 Å². The van der Waals surface area contributed by atoms with E-state index in [1.165, 1.54) is 4.88 Å². The number of nitrogens with zero attached hydrogens (tertiary/aromatic N) is 1. The van der Waals surface area contributed by atoms with Gasteiger partial charge in [-0.3, -0.25) is 9.69 Å². The summed E-state index contributed by atoms with van der Waals surface area (Å²) in [5.41, 5.74) is 0. The zero-order valence-corrected chi connectivity index (χ0v) is 10.6. The van der Waals surface area contributed by atoms with Gasteiger partial charge in [-0.15, -0.1) is 11.3 Å². The lowest BCUT2D eigenvalue weighted by molar-refractivity contribution is -0.141. The van der Waals surface area contributed by atoms with E-state index < -0.39 is 5.97 Å². The van der Waals surface area contributed by atoms with E-state index in [-0.39, 0.29) is 5.92 Å². The minimum Gasteiger partial charge on any atom is -0.481 e. The Morgan fingerprint density at radius 2 is 2.53 bits per heavy atom. The molecule has 0 aliphatic carbocycles. The van der Waals surface area contributed by atoms with Crippen LogP contribution < -0.4 is 0 Å². The quantitative estimate of drug-likeness (QED) is 0.929. The molecule has 0 saturated carbocycles. The van der Waals surface area contributed by atoms with Crippen molar-refractivity contribution in [1.82, 2.24) is 4.90 Å². The highest BCUT2D eigenvalue weighted by atomic mass is 79.9. The van der Waals surface area contributed by atoms with E-state index >= 15 is 0 Å². The average molecular weight is 290 g/mol. The largest absolute Gasteiger partial charge is 0.481 e. The van der Waals surface area contributed by atoms with Crippen LogP contribution in [0.3, 0.4) is 0 Å². The van der Waals surface area contributed by atoms with Crippen molar-refractivity contribution >= 4 is 33.2 Å². The Kier molecular flexibility index (Phi) is 3.43. The highest BCUT2D eigenvalue weighted by Crippen LogP contribution is 2.26. The second-order valence-corrected chi connectivity index (χ2v) is 5.61. The minimum atomic E-state index is -0.664. The summed E-state index contributed by atoms with van der Waals surface area (Å²) >= 11 is 5.20. The van der Waals surface area contributed by atoms with Gasteiger partial charge in [0, 0.05) is 22.4 Å². The SMILES string of the molecule is O=C(O)C1CCN(Cc2sccc2Br)C1. The van der Waals surface area contributed by atoms with Crippen molar-refractivity contribution < 1.29 is 9.90 Å². The molecule has 2 heterocycles. The van der Waals surface area contributed by atoms with Gasteiger partial charge in [0.05, 0.1) is 5.92 Å². The summed E-state index contributed by atoms with van der Waals surface area (Å²) in [6, 6.07) is 2.03. The number of carbonyl (C=O) groups is 1. The van der Waals surface area contributed by atoms with Gasteiger partial charge in [-0.25, -0.2) is 0 Å². The smallest absolute Gasteiger partial charge is 0.307 e. The van der Waals surface area contributed by atoms with Gasteiger partial charge in [-0.05, 0) is 40.3 Å². The van der Waals surface area contributed by atoms with Crippen LogP contribution in [-0.2, 0) is 11.3 Å². The number of hydrogen-bond acceptors (Lipinski definition) is 3. The van der Waals surface area contributed by atoms with Gasteiger partial charge in [0.2, 0.25) is 0 Å². The first-order chi connectivity index (χ1) is 7.16. The van der Waals surface area contributed by atoms with Crippen LogP contribution in [0.1, 0.15) is 11.3 Å². The number of carboxylic acids is 1. The Labute approximate surface area is 101 Å². The number of likely N-dealkylation sites (tertiary alicyclic amines) is 1. The van der Waals surface area contributed by atoms with Crippen LogP contribution in [0.15, 0.2) is 15.9 Å². The maximum Gasteiger partial charge on any atom is 0.307 e. The topological polar surface area (TPSA) is 40.5 Å². The Morgan fingerprint density at radius 3 is 3.07 bits per heavy atom. The molecular formula is C10H12BrNO2S. The third kappa shape index (κ3) is 2.59. The van der Waals surface area contributed by atoms with Crippen LogP contribution in [0.4, 0.5) is 0 Å². The van der Waals surface area contributed by atoms with Crippen molar-refractivity contribution in [3.63, 3.8) is 0 Å². The molecule has 1 aliphatic rings. The van der Waals surface area contributed by atoms with E-state index in [1.807, 2.05) is 11.4 Å². The maximum absolute atomic E-state index is 10.8. The van der Waals surface area contributed by atoms with E-state index in [1.54, 1.807) is 11.3 Å². The minimum absolute atomic E-state index is 0.177. The summed E-state index contributed by atoms with van der Waals surface area (Å²) in [5, 5.41) is 10.9. The highest BCUT2D eigenvalue weighted by molar-refractivity contribution is 9.10. The summed E-state index contributed by atoms with van der Waals surface area (Å²) in [4.78, 5) is 14.3. The van der Waals surface area contributed by atoms with E-state index in [0.29, 0.717) is 6.54 Å². The van der Waals surface area contributed by atoms with Gasteiger partial charge in [0.25, 0.3) is 0 Å². The standard InChI is InChI=1S/C10H12BrNO2S/c11-8-2-4-15-9(8)6-12-3-1-7(5-12)10(13)14/h2,4,7H,1,3,5-6H2,(H,13,14). The zero-order valence-electron chi connectivity index (χ0n) is 8.15. The van der Waals surface area contributed by atoms with Crippen molar-refractivity contribution in [2.75, 3.05) is 13.1 Å². The van der Waals surface area contributed by atoms with E-state index in [4.69, 9.17) is 5.11 Å². The first kappa shape index (κ1) is 11.1. The molecule has 0 aromatic carbocycles. The van der Waals surface area contributed by atoms with Gasteiger partial charge in [0.1, 0.15) is 0 Å². The Morgan fingerprint density at radius 1 is 1.73 bits per heavy atom. The number of thiophene rings is 1. The first-order valence-corrected chi connectivity index (χ1v) is 6.51. The van der Waals surface area contributed by atoms with Crippen LogP contribution in [0, 0.1) is 5.92 Å². The second-order valence-electron chi connectivity index (χ2n) is 3.75. The van der Waals surface area contributed by atoms with Crippen molar-refractivity contribution in [2.24, 2.45) is 5.92 Å². The Bertz CT molecular complexity index is 366.